The normalized spacial score (nSPS) is 17.5. The topological polar surface area (TPSA) is 55.8 Å². The number of esters is 1. The maximum absolute atomic E-state index is 12.7. The zero-order chi connectivity index (χ0) is 18.8. The molecular formula is C19H26BrNO4. The zero-order valence-electron chi connectivity index (χ0n) is 15.5. The quantitative estimate of drug-likeness (QED) is 0.417. The molecule has 138 valence electrons. The highest BCUT2D eigenvalue weighted by Crippen LogP contribution is 2.28. The van der Waals surface area contributed by atoms with Crippen molar-refractivity contribution >= 4 is 28.0 Å². The van der Waals surface area contributed by atoms with Gasteiger partial charge in [-0.25, -0.2) is 9.59 Å². The van der Waals surface area contributed by atoms with Crippen LogP contribution in [0.4, 0.5) is 4.79 Å². The van der Waals surface area contributed by atoms with Gasteiger partial charge in [-0.05, 0) is 64.2 Å². The number of benzene rings is 1. The van der Waals surface area contributed by atoms with Crippen LogP contribution in [0.5, 0.6) is 5.75 Å². The summed E-state index contributed by atoms with van der Waals surface area (Å²) in [5.41, 5.74) is 2.35. The van der Waals surface area contributed by atoms with Gasteiger partial charge in [0.1, 0.15) is 17.4 Å². The third-order valence-electron chi connectivity index (χ3n) is 4.03. The molecule has 0 saturated carbocycles. The van der Waals surface area contributed by atoms with Crippen LogP contribution in [0, 0.1) is 13.8 Å². The molecule has 0 spiro atoms. The van der Waals surface area contributed by atoms with E-state index < -0.39 is 23.7 Å². The SMILES string of the molecule is Cc1cc(CBr)cc(C)c1OC(=O)[C@@H]1CCCN1C(=O)OC(C)(C)C. The third kappa shape index (κ3) is 4.97. The van der Waals surface area contributed by atoms with Gasteiger partial charge in [0.25, 0.3) is 0 Å². The summed E-state index contributed by atoms with van der Waals surface area (Å²) < 4.78 is 11.1. The van der Waals surface area contributed by atoms with Crippen LogP contribution >= 0.6 is 15.9 Å². The second-order valence-corrected chi connectivity index (χ2v) is 8.01. The first-order valence-electron chi connectivity index (χ1n) is 8.50. The maximum atomic E-state index is 12.7. The fourth-order valence-corrected chi connectivity index (χ4v) is 3.32. The summed E-state index contributed by atoms with van der Waals surface area (Å²) in [6.45, 7) is 9.78. The van der Waals surface area contributed by atoms with Crippen molar-refractivity contribution in [1.29, 1.82) is 0 Å². The number of amides is 1. The molecule has 0 bridgehead atoms. The molecule has 1 aliphatic rings. The maximum Gasteiger partial charge on any atom is 0.411 e. The van der Waals surface area contributed by atoms with Gasteiger partial charge in [-0.2, -0.15) is 0 Å². The van der Waals surface area contributed by atoms with Crippen molar-refractivity contribution in [2.24, 2.45) is 0 Å². The minimum absolute atomic E-state index is 0.402. The zero-order valence-corrected chi connectivity index (χ0v) is 17.1. The molecule has 0 aromatic heterocycles. The first kappa shape index (κ1) is 19.8. The molecule has 1 amide bonds. The number of hydrogen-bond acceptors (Lipinski definition) is 4. The van der Waals surface area contributed by atoms with E-state index in [2.05, 4.69) is 15.9 Å². The number of likely N-dealkylation sites (tertiary alicyclic amines) is 1. The molecule has 5 nitrogen and oxygen atoms in total. The largest absolute Gasteiger partial charge is 0.444 e. The van der Waals surface area contributed by atoms with Crippen molar-refractivity contribution in [2.75, 3.05) is 6.54 Å². The van der Waals surface area contributed by atoms with E-state index in [1.165, 1.54) is 4.90 Å². The van der Waals surface area contributed by atoms with E-state index >= 15 is 0 Å². The average molecular weight is 412 g/mol. The monoisotopic (exact) mass is 411 g/mol. The first-order chi connectivity index (χ1) is 11.6. The molecule has 1 aromatic rings. The average Bonchev–Trinajstić information content (AvgIpc) is 2.98. The summed E-state index contributed by atoms with van der Waals surface area (Å²) in [6, 6.07) is 3.39. The molecule has 0 aliphatic carbocycles. The Kier molecular flexibility index (Phi) is 6.14. The number of aryl methyl sites for hydroxylation is 2. The second-order valence-electron chi connectivity index (χ2n) is 7.45. The number of carbonyl (C=O) groups excluding carboxylic acids is 2. The summed E-state index contributed by atoms with van der Waals surface area (Å²) in [4.78, 5) is 26.5. The molecule has 1 fully saturated rings. The van der Waals surface area contributed by atoms with Crippen molar-refractivity contribution in [3.63, 3.8) is 0 Å². The van der Waals surface area contributed by atoms with E-state index in [9.17, 15) is 9.59 Å². The molecule has 0 radical (unpaired) electrons. The predicted octanol–water partition coefficient (Wildman–Crippen LogP) is 4.50. The highest BCUT2D eigenvalue weighted by molar-refractivity contribution is 9.08. The van der Waals surface area contributed by atoms with Gasteiger partial charge in [0.05, 0.1) is 0 Å². The van der Waals surface area contributed by atoms with Crippen LogP contribution in [0.2, 0.25) is 0 Å². The van der Waals surface area contributed by atoms with Gasteiger partial charge in [-0.15, -0.1) is 0 Å². The molecule has 6 heteroatoms. The smallest absolute Gasteiger partial charge is 0.411 e. The van der Waals surface area contributed by atoms with Crippen LogP contribution in [0.3, 0.4) is 0 Å². The highest BCUT2D eigenvalue weighted by Gasteiger charge is 2.38. The van der Waals surface area contributed by atoms with E-state index in [4.69, 9.17) is 9.47 Å². The van der Waals surface area contributed by atoms with Crippen LogP contribution in [-0.4, -0.2) is 35.2 Å². The summed E-state index contributed by atoms with van der Waals surface area (Å²) >= 11 is 3.44. The Bertz CT molecular complexity index is 643. The van der Waals surface area contributed by atoms with Gasteiger partial charge < -0.3 is 9.47 Å². The Hall–Kier alpha value is -1.56. The molecule has 1 saturated heterocycles. The van der Waals surface area contributed by atoms with Gasteiger partial charge in [0, 0.05) is 11.9 Å². The van der Waals surface area contributed by atoms with Crippen molar-refractivity contribution < 1.29 is 19.1 Å². The van der Waals surface area contributed by atoms with Crippen LogP contribution in [-0.2, 0) is 14.9 Å². The van der Waals surface area contributed by atoms with Gasteiger partial charge in [-0.1, -0.05) is 28.1 Å². The van der Waals surface area contributed by atoms with E-state index in [1.54, 1.807) is 0 Å². The molecule has 25 heavy (non-hydrogen) atoms. The van der Waals surface area contributed by atoms with Gasteiger partial charge in [-0.3, -0.25) is 4.90 Å². The minimum atomic E-state index is -0.593. The highest BCUT2D eigenvalue weighted by atomic mass is 79.9. The number of nitrogens with zero attached hydrogens (tertiary/aromatic N) is 1. The van der Waals surface area contributed by atoms with Crippen molar-refractivity contribution in [2.45, 2.75) is 64.4 Å². The molecular weight excluding hydrogens is 386 g/mol. The van der Waals surface area contributed by atoms with E-state index in [0.29, 0.717) is 18.7 Å². The standard InChI is InChI=1S/C19H26BrNO4/c1-12-9-14(11-20)10-13(2)16(12)24-17(22)15-7-6-8-21(15)18(23)25-19(3,4)5/h9-10,15H,6-8,11H2,1-5H3/t15-/m0/s1. The number of ether oxygens (including phenoxy) is 2. The molecule has 1 heterocycles. The lowest BCUT2D eigenvalue weighted by atomic mass is 10.1. The molecule has 2 rings (SSSR count). The molecule has 1 aromatic carbocycles. The fourth-order valence-electron chi connectivity index (χ4n) is 3.00. The number of rotatable bonds is 3. The lowest BCUT2D eigenvalue weighted by Gasteiger charge is -2.27. The van der Waals surface area contributed by atoms with E-state index in [0.717, 1.165) is 28.4 Å². The Labute approximate surface area is 157 Å². The summed E-state index contributed by atoms with van der Waals surface area (Å²) in [7, 11) is 0. The Balaban J connectivity index is 2.13. The van der Waals surface area contributed by atoms with Gasteiger partial charge in [0.2, 0.25) is 0 Å². The number of alkyl halides is 1. The Morgan fingerprint density at radius 1 is 1.24 bits per heavy atom. The lowest BCUT2D eigenvalue weighted by Crippen LogP contribution is -2.44. The fraction of sp³-hybridized carbons (Fsp3) is 0.579. The first-order valence-corrected chi connectivity index (χ1v) is 9.62. The molecule has 1 atom stereocenters. The number of hydrogen-bond donors (Lipinski definition) is 0. The predicted molar refractivity (Wildman–Crippen MR) is 100 cm³/mol. The van der Waals surface area contributed by atoms with Gasteiger partial charge >= 0.3 is 12.1 Å². The van der Waals surface area contributed by atoms with E-state index in [-0.39, 0.29) is 0 Å². The second kappa shape index (κ2) is 7.77. The summed E-state index contributed by atoms with van der Waals surface area (Å²) in [5.74, 6) is 0.173. The lowest BCUT2D eigenvalue weighted by molar-refractivity contribution is -0.139. The number of carbonyl (C=O) groups is 2. The molecule has 0 unspecified atom stereocenters. The minimum Gasteiger partial charge on any atom is -0.444 e. The van der Waals surface area contributed by atoms with Crippen LogP contribution in [0.25, 0.3) is 0 Å². The summed E-state index contributed by atoms with van der Waals surface area (Å²) in [6.07, 6.45) is 0.893. The molecule has 0 N–H and O–H groups in total. The van der Waals surface area contributed by atoms with Crippen LogP contribution < -0.4 is 4.74 Å². The van der Waals surface area contributed by atoms with Gasteiger partial charge in [0.15, 0.2) is 0 Å². The third-order valence-corrected chi connectivity index (χ3v) is 4.68. The van der Waals surface area contributed by atoms with Crippen molar-refractivity contribution in [3.8, 4) is 5.75 Å². The van der Waals surface area contributed by atoms with Crippen LogP contribution in [0.15, 0.2) is 12.1 Å². The van der Waals surface area contributed by atoms with Crippen molar-refractivity contribution in [3.05, 3.63) is 28.8 Å². The van der Waals surface area contributed by atoms with Crippen molar-refractivity contribution in [1.82, 2.24) is 4.90 Å². The molecule has 1 aliphatic heterocycles. The summed E-state index contributed by atoms with van der Waals surface area (Å²) in [5, 5.41) is 0.748. The Morgan fingerprint density at radius 3 is 2.36 bits per heavy atom. The van der Waals surface area contributed by atoms with Crippen LogP contribution in [0.1, 0.15) is 50.3 Å². The Morgan fingerprint density at radius 2 is 1.84 bits per heavy atom. The number of halogens is 1. The van der Waals surface area contributed by atoms with E-state index in [1.807, 2.05) is 46.8 Å².